The number of nitrogens with one attached hydrogen (secondary N) is 1. The summed E-state index contributed by atoms with van der Waals surface area (Å²) in [5.41, 5.74) is 1.06. The topological polar surface area (TPSA) is 55.4 Å². The standard InChI is InChI=1S/C16H21NO3/c1-11(12-7-4-3-5-8-12)17-15(18)13-9-6-10-14(13)16(19)20-2/h3-5,7-8,11,13-14H,6,9-10H2,1-2H3,(H,17,18)/t11-,13-,14-/m1/s1. The van der Waals surface area contributed by atoms with Crippen molar-refractivity contribution >= 4 is 11.9 Å². The quantitative estimate of drug-likeness (QED) is 0.859. The second-order valence-electron chi connectivity index (χ2n) is 5.31. The molecule has 1 N–H and O–H groups in total. The lowest BCUT2D eigenvalue weighted by molar-refractivity contribution is -0.149. The zero-order valence-electron chi connectivity index (χ0n) is 12.0. The molecule has 0 radical (unpaired) electrons. The highest BCUT2D eigenvalue weighted by Crippen LogP contribution is 2.33. The molecule has 3 atom stereocenters. The Kier molecular flexibility index (Phi) is 4.77. The molecule has 1 amide bonds. The fourth-order valence-electron chi connectivity index (χ4n) is 2.85. The van der Waals surface area contributed by atoms with Crippen molar-refractivity contribution in [1.29, 1.82) is 0 Å². The summed E-state index contributed by atoms with van der Waals surface area (Å²) in [5.74, 6) is -0.860. The van der Waals surface area contributed by atoms with Crippen LogP contribution in [0.1, 0.15) is 37.8 Å². The normalized spacial score (nSPS) is 23.1. The van der Waals surface area contributed by atoms with Crippen molar-refractivity contribution in [3.8, 4) is 0 Å². The number of rotatable bonds is 4. The van der Waals surface area contributed by atoms with Gasteiger partial charge in [-0.15, -0.1) is 0 Å². The van der Waals surface area contributed by atoms with Gasteiger partial charge >= 0.3 is 5.97 Å². The first kappa shape index (κ1) is 14.6. The number of esters is 1. The zero-order chi connectivity index (χ0) is 14.5. The molecule has 1 saturated carbocycles. The number of methoxy groups -OCH3 is 1. The van der Waals surface area contributed by atoms with Crippen molar-refractivity contribution in [1.82, 2.24) is 5.32 Å². The molecule has 0 aromatic heterocycles. The minimum atomic E-state index is -0.289. The van der Waals surface area contributed by atoms with Crippen LogP contribution in [0.15, 0.2) is 30.3 Å². The lowest BCUT2D eigenvalue weighted by Gasteiger charge is -2.20. The van der Waals surface area contributed by atoms with Crippen molar-refractivity contribution in [3.05, 3.63) is 35.9 Å². The Bertz CT molecular complexity index is 472. The minimum Gasteiger partial charge on any atom is -0.469 e. The second kappa shape index (κ2) is 6.55. The summed E-state index contributed by atoms with van der Waals surface area (Å²) in [4.78, 5) is 24.0. The van der Waals surface area contributed by atoms with Gasteiger partial charge in [-0.1, -0.05) is 36.8 Å². The molecule has 1 aliphatic carbocycles. The van der Waals surface area contributed by atoms with Crippen molar-refractivity contribution in [2.75, 3.05) is 7.11 Å². The van der Waals surface area contributed by atoms with E-state index in [1.54, 1.807) is 0 Å². The number of amides is 1. The molecular formula is C16H21NO3. The highest BCUT2D eigenvalue weighted by Gasteiger charge is 2.38. The number of hydrogen-bond acceptors (Lipinski definition) is 3. The summed E-state index contributed by atoms with van der Waals surface area (Å²) in [6.07, 6.45) is 2.40. The average Bonchev–Trinajstić information content (AvgIpc) is 2.96. The monoisotopic (exact) mass is 275 g/mol. The van der Waals surface area contributed by atoms with Crippen molar-refractivity contribution in [2.24, 2.45) is 11.8 Å². The molecule has 4 heteroatoms. The van der Waals surface area contributed by atoms with E-state index < -0.39 is 0 Å². The maximum atomic E-state index is 12.3. The maximum absolute atomic E-state index is 12.3. The fraction of sp³-hybridized carbons (Fsp3) is 0.500. The van der Waals surface area contributed by atoms with Gasteiger partial charge in [0.1, 0.15) is 0 Å². The molecular weight excluding hydrogens is 254 g/mol. The molecule has 0 spiro atoms. The van der Waals surface area contributed by atoms with Crippen LogP contribution >= 0.6 is 0 Å². The molecule has 2 rings (SSSR count). The van der Waals surface area contributed by atoms with Gasteiger partial charge in [0.05, 0.1) is 25.0 Å². The van der Waals surface area contributed by atoms with E-state index in [1.165, 1.54) is 7.11 Å². The van der Waals surface area contributed by atoms with E-state index in [4.69, 9.17) is 4.74 Å². The summed E-state index contributed by atoms with van der Waals surface area (Å²) in [5, 5.41) is 3.00. The lowest BCUT2D eigenvalue weighted by atomic mass is 9.94. The van der Waals surface area contributed by atoms with E-state index >= 15 is 0 Å². The van der Waals surface area contributed by atoms with Gasteiger partial charge in [-0.25, -0.2) is 0 Å². The van der Waals surface area contributed by atoms with Gasteiger partial charge in [-0.3, -0.25) is 9.59 Å². The Morgan fingerprint density at radius 3 is 2.50 bits per heavy atom. The van der Waals surface area contributed by atoms with Gasteiger partial charge in [0.25, 0.3) is 0 Å². The van der Waals surface area contributed by atoms with Gasteiger partial charge in [0, 0.05) is 0 Å². The molecule has 108 valence electrons. The first-order valence-corrected chi connectivity index (χ1v) is 7.06. The molecule has 4 nitrogen and oxygen atoms in total. The van der Waals surface area contributed by atoms with E-state index in [2.05, 4.69) is 5.32 Å². The van der Waals surface area contributed by atoms with E-state index in [-0.39, 0.29) is 29.8 Å². The van der Waals surface area contributed by atoms with Gasteiger partial charge in [0.2, 0.25) is 5.91 Å². The van der Waals surface area contributed by atoms with E-state index in [1.807, 2.05) is 37.3 Å². The minimum absolute atomic E-state index is 0.0470. The number of ether oxygens (including phenoxy) is 1. The van der Waals surface area contributed by atoms with Gasteiger partial charge in [-0.05, 0) is 25.3 Å². The molecule has 20 heavy (non-hydrogen) atoms. The smallest absolute Gasteiger partial charge is 0.309 e. The number of carbonyl (C=O) groups excluding carboxylic acids is 2. The molecule has 0 heterocycles. The summed E-state index contributed by atoms with van der Waals surface area (Å²) in [7, 11) is 1.38. The van der Waals surface area contributed by atoms with Crippen LogP contribution in [-0.4, -0.2) is 19.0 Å². The predicted molar refractivity (Wildman–Crippen MR) is 75.8 cm³/mol. The van der Waals surface area contributed by atoms with Crippen LogP contribution in [0.5, 0.6) is 0 Å². The molecule has 1 fully saturated rings. The SMILES string of the molecule is COC(=O)[C@@H]1CCC[C@H]1C(=O)N[C@H](C)c1ccccc1. The highest BCUT2D eigenvalue weighted by molar-refractivity contribution is 5.86. The average molecular weight is 275 g/mol. The Hall–Kier alpha value is -1.84. The van der Waals surface area contributed by atoms with Crippen LogP contribution in [0.4, 0.5) is 0 Å². The third-order valence-electron chi connectivity index (χ3n) is 4.02. The second-order valence-corrected chi connectivity index (χ2v) is 5.31. The van der Waals surface area contributed by atoms with E-state index in [0.717, 1.165) is 24.8 Å². The first-order chi connectivity index (χ1) is 9.63. The Labute approximate surface area is 119 Å². The Morgan fingerprint density at radius 1 is 1.20 bits per heavy atom. The molecule has 0 unspecified atom stereocenters. The van der Waals surface area contributed by atoms with Crippen molar-refractivity contribution in [3.63, 3.8) is 0 Å². The van der Waals surface area contributed by atoms with Crippen LogP contribution in [-0.2, 0) is 14.3 Å². The third-order valence-corrected chi connectivity index (χ3v) is 4.02. The van der Waals surface area contributed by atoms with E-state index in [0.29, 0.717) is 0 Å². The number of hydrogen-bond donors (Lipinski definition) is 1. The molecule has 0 aliphatic heterocycles. The summed E-state index contributed by atoms with van der Waals surface area (Å²) in [6.45, 7) is 1.95. The fourth-order valence-corrected chi connectivity index (χ4v) is 2.85. The molecule has 1 aromatic rings. The van der Waals surface area contributed by atoms with Crippen molar-refractivity contribution < 1.29 is 14.3 Å². The Morgan fingerprint density at radius 2 is 1.85 bits per heavy atom. The largest absolute Gasteiger partial charge is 0.469 e. The predicted octanol–water partition coefficient (Wildman–Crippen LogP) is 2.45. The maximum Gasteiger partial charge on any atom is 0.309 e. The van der Waals surface area contributed by atoms with Crippen LogP contribution in [0.3, 0.4) is 0 Å². The zero-order valence-corrected chi connectivity index (χ0v) is 12.0. The van der Waals surface area contributed by atoms with Crippen LogP contribution in [0.2, 0.25) is 0 Å². The van der Waals surface area contributed by atoms with Gasteiger partial charge in [0.15, 0.2) is 0 Å². The summed E-state index contributed by atoms with van der Waals surface area (Å²) >= 11 is 0. The van der Waals surface area contributed by atoms with Crippen molar-refractivity contribution in [2.45, 2.75) is 32.2 Å². The van der Waals surface area contributed by atoms with Gasteiger partial charge < -0.3 is 10.1 Å². The lowest BCUT2D eigenvalue weighted by Crippen LogP contribution is -2.37. The number of carbonyl (C=O) groups is 2. The molecule has 0 saturated heterocycles. The van der Waals surface area contributed by atoms with Crippen LogP contribution in [0.25, 0.3) is 0 Å². The first-order valence-electron chi connectivity index (χ1n) is 7.06. The van der Waals surface area contributed by atoms with E-state index in [9.17, 15) is 9.59 Å². The van der Waals surface area contributed by atoms with Crippen LogP contribution < -0.4 is 5.32 Å². The number of benzene rings is 1. The summed E-state index contributed by atoms with van der Waals surface area (Å²) in [6, 6.07) is 9.76. The van der Waals surface area contributed by atoms with Gasteiger partial charge in [-0.2, -0.15) is 0 Å². The molecule has 0 bridgehead atoms. The molecule has 1 aromatic carbocycles. The highest BCUT2D eigenvalue weighted by atomic mass is 16.5. The third kappa shape index (κ3) is 3.18. The van der Waals surface area contributed by atoms with Crippen LogP contribution in [0, 0.1) is 11.8 Å². The summed E-state index contributed by atoms with van der Waals surface area (Å²) < 4.78 is 4.79. The molecule has 1 aliphatic rings. The Balaban J connectivity index is 1.99.